The van der Waals surface area contributed by atoms with Crippen LogP contribution < -0.4 is 4.90 Å². The number of hydrogen-bond acceptors (Lipinski definition) is 7. The average Bonchev–Trinajstić information content (AvgIpc) is 3.15. The number of amides is 1. The Hall–Kier alpha value is -2.97. The zero-order chi connectivity index (χ0) is 16.0. The lowest BCUT2D eigenvalue weighted by atomic mass is 10.1. The minimum atomic E-state index is -0.162. The Bertz CT molecular complexity index is 851. The first-order valence-corrected chi connectivity index (χ1v) is 7.25. The van der Waals surface area contributed by atoms with Crippen LogP contribution in [-0.4, -0.2) is 62.0 Å². The molecule has 0 spiro atoms. The monoisotopic (exact) mass is 313 g/mol. The van der Waals surface area contributed by atoms with E-state index in [0.717, 1.165) is 30.4 Å². The van der Waals surface area contributed by atoms with Crippen molar-refractivity contribution in [3.8, 4) is 0 Å². The summed E-state index contributed by atoms with van der Waals surface area (Å²) in [5.74, 6) is 1.68. The van der Waals surface area contributed by atoms with E-state index >= 15 is 0 Å². The van der Waals surface area contributed by atoms with Crippen molar-refractivity contribution in [2.24, 2.45) is 0 Å². The number of rotatable bonds is 3. The Morgan fingerprint density at radius 2 is 2.13 bits per heavy atom. The highest BCUT2D eigenvalue weighted by molar-refractivity contribution is 5.91. The van der Waals surface area contributed by atoms with Crippen molar-refractivity contribution in [2.45, 2.75) is 13.0 Å². The Morgan fingerprint density at radius 3 is 2.87 bits per heavy atom. The molecule has 0 aromatic carbocycles. The van der Waals surface area contributed by atoms with E-state index in [9.17, 15) is 4.79 Å². The lowest BCUT2D eigenvalue weighted by molar-refractivity contribution is 0.0663. The van der Waals surface area contributed by atoms with E-state index in [1.165, 1.54) is 6.20 Å². The Morgan fingerprint density at radius 1 is 1.30 bits per heavy atom. The van der Waals surface area contributed by atoms with Gasteiger partial charge in [-0.1, -0.05) is 5.16 Å². The minimum absolute atomic E-state index is 0.118. The summed E-state index contributed by atoms with van der Waals surface area (Å²) in [4.78, 5) is 16.0. The normalized spacial score (nSPS) is 15.0. The zero-order valence-electron chi connectivity index (χ0n) is 12.7. The Balaban J connectivity index is 1.46. The van der Waals surface area contributed by atoms with Crippen molar-refractivity contribution in [3.63, 3.8) is 0 Å². The number of likely N-dealkylation sites (N-methyl/N-ethyl adjacent to an activating group) is 1. The number of carbonyl (C=O) groups excluding carboxylic acids is 1. The standard InChI is InChI=1S/C14H15N7O2/c1-9-16-17-12-3-4-13(18-21(9)12)20-7-10(8-20)19(2)14(22)11-5-6-15-23-11/h3-6,10H,7-8H2,1-2H3. The van der Waals surface area contributed by atoms with Crippen LogP contribution in [0.3, 0.4) is 0 Å². The van der Waals surface area contributed by atoms with Crippen molar-refractivity contribution in [1.82, 2.24) is 29.9 Å². The van der Waals surface area contributed by atoms with E-state index < -0.39 is 0 Å². The zero-order valence-corrected chi connectivity index (χ0v) is 12.7. The van der Waals surface area contributed by atoms with Crippen LogP contribution in [0.2, 0.25) is 0 Å². The first kappa shape index (κ1) is 13.7. The second-order valence-corrected chi connectivity index (χ2v) is 5.56. The van der Waals surface area contributed by atoms with E-state index in [1.807, 2.05) is 19.1 Å². The fourth-order valence-electron chi connectivity index (χ4n) is 2.61. The van der Waals surface area contributed by atoms with Crippen molar-refractivity contribution in [3.05, 3.63) is 36.0 Å². The first-order chi connectivity index (χ1) is 11.1. The summed E-state index contributed by atoms with van der Waals surface area (Å²) in [7, 11) is 1.77. The topological polar surface area (TPSA) is 92.7 Å². The summed E-state index contributed by atoms with van der Waals surface area (Å²) in [6, 6.07) is 5.49. The average molecular weight is 313 g/mol. The van der Waals surface area contributed by atoms with Crippen molar-refractivity contribution >= 4 is 17.4 Å². The molecule has 0 unspecified atom stereocenters. The van der Waals surface area contributed by atoms with Crippen LogP contribution in [0.5, 0.6) is 0 Å². The van der Waals surface area contributed by atoms with E-state index in [-0.39, 0.29) is 17.7 Å². The predicted octanol–water partition coefficient (Wildman–Crippen LogP) is 0.382. The van der Waals surface area contributed by atoms with Crippen LogP contribution in [-0.2, 0) is 0 Å². The molecule has 1 amide bonds. The third-order valence-corrected chi connectivity index (χ3v) is 4.11. The molecule has 0 aliphatic carbocycles. The smallest absolute Gasteiger partial charge is 0.292 e. The van der Waals surface area contributed by atoms with Gasteiger partial charge in [-0.05, 0) is 19.1 Å². The molecule has 23 heavy (non-hydrogen) atoms. The fraction of sp³-hybridized carbons (Fsp3) is 0.357. The highest BCUT2D eigenvalue weighted by Crippen LogP contribution is 2.22. The van der Waals surface area contributed by atoms with Gasteiger partial charge in [0.1, 0.15) is 5.82 Å². The van der Waals surface area contributed by atoms with Gasteiger partial charge in [-0.3, -0.25) is 4.79 Å². The number of nitrogens with zero attached hydrogens (tertiary/aromatic N) is 7. The predicted molar refractivity (Wildman–Crippen MR) is 80.1 cm³/mol. The summed E-state index contributed by atoms with van der Waals surface area (Å²) in [5.41, 5.74) is 0.723. The summed E-state index contributed by atoms with van der Waals surface area (Å²) >= 11 is 0. The SMILES string of the molecule is Cc1nnc2ccc(N3CC(N(C)C(=O)c4ccno4)C3)nn12. The lowest BCUT2D eigenvalue weighted by Crippen LogP contribution is -2.60. The van der Waals surface area contributed by atoms with Gasteiger partial charge >= 0.3 is 0 Å². The minimum Gasteiger partial charge on any atom is -0.351 e. The molecular formula is C14H15N7O2. The molecule has 0 atom stereocenters. The number of hydrogen-bond donors (Lipinski definition) is 0. The number of fused-ring (bicyclic) bond motifs is 1. The maximum atomic E-state index is 12.2. The molecule has 4 heterocycles. The summed E-state index contributed by atoms with van der Waals surface area (Å²) in [5, 5.41) is 16.1. The Kier molecular flexibility index (Phi) is 3.00. The van der Waals surface area contributed by atoms with Gasteiger partial charge in [0.15, 0.2) is 11.5 Å². The van der Waals surface area contributed by atoms with Crippen LogP contribution >= 0.6 is 0 Å². The second kappa shape index (κ2) is 5.04. The van der Waals surface area contributed by atoms with Crippen LogP contribution in [0.1, 0.15) is 16.4 Å². The second-order valence-electron chi connectivity index (χ2n) is 5.56. The molecule has 4 rings (SSSR count). The molecule has 1 fully saturated rings. The molecule has 1 aliphatic heterocycles. The van der Waals surface area contributed by atoms with Gasteiger partial charge in [0.2, 0.25) is 5.76 Å². The summed E-state index contributed by atoms with van der Waals surface area (Å²) < 4.78 is 6.63. The highest BCUT2D eigenvalue weighted by Gasteiger charge is 2.34. The van der Waals surface area contributed by atoms with E-state index in [0.29, 0.717) is 0 Å². The van der Waals surface area contributed by atoms with Gasteiger partial charge in [0.05, 0.1) is 12.2 Å². The molecule has 3 aromatic heterocycles. The van der Waals surface area contributed by atoms with Crippen LogP contribution in [0.15, 0.2) is 28.9 Å². The number of aromatic nitrogens is 5. The molecule has 9 heteroatoms. The maximum absolute atomic E-state index is 12.2. The maximum Gasteiger partial charge on any atom is 0.292 e. The van der Waals surface area contributed by atoms with Crippen molar-refractivity contribution in [1.29, 1.82) is 0 Å². The van der Waals surface area contributed by atoms with Crippen LogP contribution in [0.4, 0.5) is 5.82 Å². The van der Waals surface area contributed by atoms with Gasteiger partial charge in [0, 0.05) is 26.2 Å². The molecule has 1 aliphatic rings. The molecule has 3 aromatic rings. The van der Waals surface area contributed by atoms with Gasteiger partial charge in [-0.2, -0.15) is 4.52 Å². The van der Waals surface area contributed by atoms with E-state index in [1.54, 1.807) is 22.5 Å². The fourth-order valence-corrected chi connectivity index (χ4v) is 2.61. The van der Waals surface area contributed by atoms with Gasteiger partial charge in [0.25, 0.3) is 5.91 Å². The van der Waals surface area contributed by atoms with Gasteiger partial charge in [-0.25, -0.2) is 0 Å². The van der Waals surface area contributed by atoms with Crippen LogP contribution in [0.25, 0.3) is 5.65 Å². The molecule has 1 saturated heterocycles. The van der Waals surface area contributed by atoms with Gasteiger partial charge < -0.3 is 14.3 Å². The van der Waals surface area contributed by atoms with Crippen LogP contribution in [0, 0.1) is 6.92 Å². The van der Waals surface area contributed by atoms with Gasteiger partial charge in [-0.15, -0.1) is 15.3 Å². The third kappa shape index (κ3) is 2.20. The lowest BCUT2D eigenvalue weighted by Gasteiger charge is -2.44. The third-order valence-electron chi connectivity index (χ3n) is 4.11. The summed E-state index contributed by atoms with van der Waals surface area (Å²) in [6.07, 6.45) is 1.47. The molecule has 118 valence electrons. The molecular weight excluding hydrogens is 298 g/mol. The quantitative estimate of drug-likeness (QED) is 0.690. The van der Waals surface area contributed by atoms with E-state index in [4.69, 9.17) is 4.52 Å². The molecule has 0 radical (unpaired) electrons. The Labute approximate surface area is 131 Å². The number of anilines is 1. The number of carbonyl (C=O) groups is 1. The highest BCUT2D eigenvalue weighted by atomic mass is 16.5. The van der Waals surface area contributed by atoms with Crippen molar-refractivity contribution < 1.29 is 9.32 Å². The van der Waals surface area contributed by atoms with E-state index in [2.05, 4.69) is 25.4 Å². The molecule has 0 bridgehead atoms. The first-order valence-electron chi connectivity index (χ1n) is 7.25. The largest absolute Gasteiger partial charge is 0.351 e. The number of aryl methyl sites for hydroxylation is 1. The molecule has 9 nitrogen and oxygen atoms in total. The summed E-state index contributed by atoms with van der Waals surface area (Å²) in [6.45, 7) is 3.30. The molecule has 0 saturated carbocycles. The van der Waals surface area contributed by atoms with Crippen molar-refractivity contribution in [2.75, 3.05) is 25.0 Å². The molecule has 0 N–H and O–H groups in total.